The molecule has 2 aromatic heterocycles. The highest BCUT2D eigenvalue weighted by atomic mass is 16.5. The number of rotatable bonds is 4. The maximum Gasteiger partial charge on any atom is 0.165 e. The molecule has 0 spiro atoms. The molecule has 90 valence electrons. The summed E-state index contributed by atoms with van der Waals surface area (Å²) >= 11 is 0. The highest BCUT2D eigenvalue weighted by Gasteiger charge is 2.03. The van der Waals surface area contributed by atoms with E-state index in [-0.39, 0.29) is 6.04 Å². The Morgan fingerprint density at radius 1 is 1.35 bits per heavy atom. The van der Waals surface area contributed by atoms with E-state index in [9.17, 15) is 0 Å². The number of pyridine rings is 1. The molecule has 5 heteroatoms. The van der Waals surface area contributed by atoms with E-state index in [0.29, 0.717) is 11.5 Å². The van der Waals surface area contributed by atoms with E-state index in [1.807, 2.05) is 32.2 Å². The van der Waals surface area contributed by atoms with Crippen LogP contribution in [0.15, 0.2) is 30.7 Å². The first-order valence-electron chi connectivity index (χ1n) is 5.61. The van der Waals surface area contributed by atoms with Crippen molar-refractivity contribution in [1.29, 1.82) is 0 Å². The summed E-state index contributed by atoms with van der Waals surface area (Å²) in [6.07, 6.45) is 5.20. The Bertz CT molecular complexity index is 476. The predicted molar refractivity (Wildman–Crippen MR) is 64.8 cm³/mol. The first-order valence-corrected chi connectivity index (χ1v) is 5.61. The molecule has 1 atom stereocenters. The van der Waals surface area contributed by atoms with E-state index in [2.05, 4.69) is 10.1 Å². The van der Waals surface area contributed by atoms with Crippen molar-refractivity contribution < 1.29 is 4.74 Å². The third kappa shape index (κ3) is 2.82. The lowest BCUT2D eigenvalue weighted by Gasteiger charge is -2.06. The summed E-state index contributed by atoms with van der Waals surface area (Å²) in [4.78, 5) is 4.22. The number of nitrogens with two attached hydrogens (primary N) is 1. The van der Waals surface area contributed by atoms with Gasteiger partial charge in [0.1, 0.15) is 5.75 Å². The van der Waals surface area contributed by atoms with Gasteiger partial charge in [-0.2, -0.15) is 5.10 Å². The van der Waals surface area contributed by atoms with Crippen LogP contribution in [0.4, 0.5) is 0 Å². The average Bonchev–Trinajstić information content (AvgIpc) is 2.77. The molecule has 2 rings (SSSR count). The minimum absolute atomic E-state index is 0.0631. The molecule has 0 saturated heterocycles. The van der Waals surface area contributed by atoms with Crippen molar-refractivity contribution in [1.82, 2.24) is 14.8 Å². The Morgan fingerprint density at radius 3 is 2.71 bits per heavy atom. The summed E-state index contributed by atoms with van der Waals surface area (Å²) in [5.41, 5.74) is 6.57. The van der Waals surface area contributed by atoms with Crippen molar-refractivity contribution >= 4 is 0 Å². The molecule has 0 aromatic carbocycles. The lowest BCUT2D eigenvalue weighted by atomic mass is 10.2. The summed E-state index contributed by atoms with van der Waals surface area (Å²) in [5.74, 6) is 1.40. The van der Waals surface area contributed by atoms with Crippen LogP contribution in [-0.2, 0) is 6.54 Å². The van der Waals surface area contributed by atoms with E-state index < -0.39 is 0 Å². The van der Waals surface area contributed by atoms with Crippen LogP contribution in [0.1, 0.15) is 25.6 Å². The monoisotopic (exact) mass is 232 g/mol. The van der Waals surface area contributed by atoms with Crippen molar-refractivity contribution in [3.63, 3.8) is 0 Å². The van der Waals surface area contributed by atoms with Gasteiger partial charge in [-0.05, 0) is 26.0 Å². The lowest BCUT2D eigenvalue weighted by Crippen LogP contribution is -2.06. The van der Waals surface area contributed by atoms with Crippen LogP contribution >= 0.6 is 0 Å². The van der Waals surface area contributed by atoms with E-state index in [1.165, 1.54) is 0 Å². The van der Waals surface area contributed by atoms with Crippen molar-refractivity contribution in [2.75, 3.05) is 0 Å². The van der Waals surface area contributed by atoms with Crippen LogP contribution in [0.2, 0.25) is 0 Å². The Hall–Kier alpha value is -1.88. The summed E-state index contributed by atoms with van der Waals surface area (Å²) in [6.45, 7) is 4.75. The minimum Gasteiger partial charge on any atom is -0.452 e. The molecule has 2 aromatic rings. The number of hydrogen-bond acceptors (Lipinski definition) is 4. The molecule has 0 fully saturated rings. The molecule has 0 amide bonds. The minimum atomic E-state index is -0.0631. The zero-order valence-electron chi connectivity index (χ0n) is 10.00. The molecule has 0 aliphatic heterocycles. The molecule has 0 saturated carbocycles. The maximum absolute atomic E-state index is 5.72. The van der Waals surface area contributed by atoms with Gasteiger partial charge in [0.25, 0.3) is 0 Å². The van der Waals surface area contributed by atoms with Gasteiger partial charge in [0.2, 0.25) is 0 Å². The molecule has 0 bridgehead atoms. The lowest BCUT2D eigenvalue weighted by molar-refractivity contribution is 0.478. The molecule has 17 heavy (non-hydrogen) atoms. The molecule has 5 nitrogen and oxygen atoms in total. The van der Waals surface area contributed by atoms with Gasteiger partial charge in [-0.1, -0.05) is 0 Å². The summed E-state index contributed by atoms with van der Waals surface area (Å²) in [6, 6.07) is 3.66. The van der Waals surface area contributed by atoms with E-state index in [4.69, 9.17) is 10.5 Å². The predicted octanol–water partition coefficient (Wildman–Crippen LogP) is 2.11. The molecule has 2 heterocycles. The number of aromatic nitrogens is 3. The van der Waals surface area contributed by atoms with Crippen LogP contribution in [0.25, 0.3) is 0 Å². The van der Waals surface area contributed by atoms with Gasteiger partial charge in [-0.25, -0.2) is 0 Å². The SMILES string of the molecule is CCn1cc(Oc2ccc([C@H](C)N)nc2)cn1. The van der Waals surface area contributed by atoms with Crippen molar-refractivity contribution in [3.8, 4) is 11.5 Å². The zero-order valence-corrected chi connectivity index (χ0v) is 10.00. The molecular formula is C12H16N4O. The molecule has 0 radical (unpaired) electrons. The quantitative estimate of drug-likeness (QED) is 0.876. The molecule has 2 N–H and O–H groups in total. The normalized spacial score (nSPS) is 12.4. The number of nitrogens with zero attached hydrogens (tertiary/aromatic N) is 3. The fourth-order valence-electron chi connectivity index (χ4n) is 1.43. The number of hydrogen-bond donors (Lipinski definition) is 1. The van der Waals surface area contributed by atoms with Crippen LogP contribution in [0.5, 0.6) is 11.5 Å². The Kier molecular flexibility index (Phi) is 3.39. The van der Waals surface area contributed by atoms with Gasteiger partial charge in [-0.15, -0.1) is 0 Å². The van der Waals surface area contributed by atoms with Gasteiger partial charge in [-0.3, -0.25) is 9.67 Å². The molecule has 0 aliphatic rings. The van der Waals surface area contributed by atoms with Crippen LogP contribution in [0.3, 0.4) is 0 Å². The Labute approximate surface area is 100 Å². The van der Waals surface area contributed by atoms with E-state index in [0.717, 1.165) is 12.2 Å². The van der Waals surface area contributed by atoms with Crippen molar-refractivity contribution in [2.45, 2.75) is 26.4 Å². The van der Waals surface area contributed by atoms with Gasteiger partial charge < -0.3 is 10.5 Å². The second kappa shape index (κ2) is 4.97. The zero-order chi connectivity index (χ0) is 12.3. The third-order valence-electron chi connectivity index (χ3n) is 2.40. The second-order valence-corrected chi connectivity index (χ2v) is 3.84. The molecule has 0 aliphatic carbocycles. The smallest absolute Gasteiger partial charge is 0.165 e. The number of aryl methyl sites for hydroxylation is 1. The third-order valence-corrected chi connectivity index (χ3v) is 2.40. The molecular weight excluding hydrogens is 216 g/mol. The highest BCUT2D eigenvalue weighted by molar-refractivity contribution is 5.27. The van der Waals surface area contributed by atoms with Crippen molar-refractivity contribution in [2.24, 2.45) is 5.73 Å². The Balaban J connectivity index is 2.08. The van der Waals surface area contributed by atoms with Gasteiger partial charge in [0.15, 0.2) is 5.75 Å². The molecule has 0 unspecified atom stereocenters. The van der Waals surface area contributed by atoms with Crippen molar-refractivity contribution in [3.05, 3.63) is 36.4 Å². The van der Waals surface area contributed by atoms with Crippen LogP contribution in [0, 0.1) is 0 Å². The first kappa shape index (κ1) is 11.6. The topological polar surface area (TPSA) is 66.0 Å². The largest absolute Gasteiger partial charge is 0.452 e. The maximum atomic E-state index is 5.72. The van der Waals surface area contributed by atoms with E-state index in [1.54, 1.807) is 17.1 Å². The summed E-state index contributed by atoms with van der Waals surface area (Å²) < 4.78 is 7.41. The van der Waals surface area contributed by atoms with Gasteiger partial charge >= 0.3 is 0 Å². The second-order valence-electron chi connectivity index (χ2n) is 3.84. The van der Waals surface area contributed by atoms with Crippen LogP contribution < -0.4 is 10.5 Å². The number of ether oxygens (including phenoxy) is 1. The Morgan fingerprint density at radius 2 is 2.18 bits per heavy atom. The fraction of sp³-hybridized carbons (Fsp3) is 0.333. The standard InChI is InChI=1S/C12H16N4O/c1-3-16-8-11(7-15-16)17-10-4-5-12(9(2)13)14-6-10/h4-9H,3,13H2,1-2H3/t9-/m0/s1. The first-order chi connectivity index (χ1) is 8.19. The highest BCUT2D eigenvalue weighted by Crippen LogP contribution is 2.20. The van der Waals surface area contributed by atoms with E-state index >= 15 is 0 Å². The van der Waals surface area contributed by atoms with Gasteiger partial charge in [0.05, 0.1) is 24.3 Å². The average molecular weight is 232 g/mol. The fourth-order valence-corrected chi connectivity index (χ4v) is 1.43. The van der Waals surface area contributed by atoms with Gasteiger partial charge in [0, 0.05) is 12.6 Å². The summed E-state index contributed by atoms with van der Waals surface area (Å²) in [5, 5.41) is 4.13. The van der Waals surface area contributed by atoms with Crippen LogP contribution in [-0.4, -0.2) is 14.8 Å². The summed E-state index contributed by atoms with van der Waals surface area (Å²) in [7, 11) is 0.